The van der Waals surface area contributed by atoms with Crippen LogP contribution in [-0.4, -0.2) is 11.4 Å². The molecule has 0 N–H and O–H groups in total. The van der Waals surface area contributed by atoms with Crippen molar-refractivity contribution in [3.05, 3.63) is 174 Å². The van der Waals surface area contributed by atoms with E-state index >= 15 is 0 Å². The Balaban J connectivity index is 0.928. The lowest BCUT2D eigenvalue weighted by molar-refractivity contribution is -0.00526. The van der Waals surface area contributed by atoms with Gasteiger partial charge in [0.15, 0.2) is 0 Å². The molecule has 0 amide bonds. The van der Waals surface area contributed by atoms with Crippen LogP contribution in [0.3, 0.4) is 0 Å². The van der Waals surface area contributed by atoms with Crippen LogP contribution in [0.15, 0.2) is 171 Å². The van der Waals surface area contributed by atoms with Crippen molar-refractivity contribution in [2.24, 2.45) is 35.5 Å². The second-order valence-electron chi connectivity index (χ2n) is 25.6. The van der Waals surface area contributed by atoms with E-state index in [4.69, 9.17) is 0 Å². The van der Waals surface area contributed by atoms with Crippen molar-refractivity contribution in [3.63, 3.8) is 0 Å². The number of anilines is 2. The number of fused-ring (bicyclic) bond motifs is 13. The maximum atomic E-state index is 2.85. The predicted molar refractivity (Wildman–Crippen MR) is 308 cm³/mol. The van der Waals surface area contributed by atoms with Crippen LogP contribution in [0, 0.1) is 35.5 Å². The van der Waals surface area contributed by atoms with E-state index in [0.29, 0.717) is 5.41 Å². The molecule has 21 rings (SSSR count). The lowest BCUT2D eigenvalue weighted by Crippen LogP contribution is -2.61. The molecule has 8 fully saturated rings. The van der Waals surface area contributed by atoms with E-state index in [2.05, 4.69) is 161 Å². The summed E-state index contributed by atoms with van der Waals surface area (Å²) >= 11 is 3.93. The summed E-state index contributed by atoms with van der Waals surface area (Å²) in [4.78, 5) is 8.31. The first-order valence-electron chi connectivity index (χ1n) is 28.5. The Bertz CT molecular complexity index is 3910. The average Bonchev–Trinajstić information content (AvgIpc) is 4.09. The molecule has 8 bridgehead atoms. The average molecular weight is 989 g/mol. The first-order valence-corrected chi connectivity index (χ1v) is 30.1. The number of aromatic nitrogens is 1. The highest BCUT2D eigenvalue weighted by atomic mass is 32.2. The zero-order valence-electron chi connectivity index (χ0n) is 41.9. The summed E-state index contributed by atoms with van der Waals surface area (Å²) in [5, 5.41) is 3.02. The van der Waals surface area contributed by atoms with Gasteiger partial charge in [0.05, 0.1) is 11.0 Å². The van der Waals surface area contributed by atoms with E-state index in [0.717, 1.165) is 41.9 Å². The van der Waals surface area contributed by atoms with Gasteiger partial charge in [-0.2, -0.15) is 0 Å². The third-order valence-corrected chi connectivity index (χ3v) is 24.0. The van der Waals surface area contributed by atoms with Gasteiger partial charge in [-0.25, -0.2) is 0 Å². The van der Waals surface area contributed by atoms with Gasteiger partial charge in [0, 0.05) is 53.0 Å². The Morgan fingerprint density at radius 3 is 1.74 bits per heavy atom. The van der Waals surface area contributed by atoms with Gasteiger partial charge in [-0.3, -0.25) is 0 Å². The molecular formula is C69H57BN2S2. The zero-order valence-corrected chi connectivity index (χ0v) is 43.5. The van der Waals surface area contributed by atoms with Crippen molar-refractivity contribution < 1.29 is 0 Å². The Morgan fingerprint density at radius 1 is 0.459 bits per heavy atom. The Labute approximate surface area is 443 Å². The first-order chi connectivity index (χ1) is 36.5. The summed E-state index contributed by atoms with van der Waals surface area (Å²) in [6, 6.07) is 60.8. The second-order valence-corrected chi connectivity index (χ2v) is 27.8. The molecule has 12 aliphatic rings. The van der Waals surface area contributed by atoms with Crippen molar-refractivity contribution in [2.75, 3.05) is 4.81 Å². The predicted octanol–water partition coefficient (Wildman–Crippen LogP) is 16.8. The molecule has 8 saturated carbocycles. The van der Waals surface area contributed by atoms with Crippen LogP contribution in [0.2, 0.25) is 0 Å². The highest BCUT2D eigenvalue weighted by Gasteiger charge is 2.55. The number of nitrogens with zero attached hydrogens (tertiary/aromatic N) is 2. The summed E-state index contributed by atoms with van der Waals surface area (Å²) in [5.74, 6) is 5.38. The van der Waals surface area contributed by atoms with Gasteiger partial charge in [-0.15, -0.1) is 0 Å². The molecule has 5 heteroatoms. The van der Waals surface area contributed by atoms with Crippen molar-refractivity contribution in [1.82, 2.24) is 4.57 Å². The Hall–Kier alpha value is -5.88. The standard InChI is InChI=1S/C69H57BN2S2/c1-2-8-45(9-3-1)46-14-17-50(18-15-46)72-59-32-64-63(73-61-12-6-7-13-62(61)74-64)31-56(59)65-54-26-47-10-4-5-11-51(47)52(54)30-60-66(65)70(72)57-29-49(69-36-42-23-43(37-69)25-44(24-42)38-69)28-55-53-27-48(16-19-58(53)71(60)67(55)57)68-33-39-20-40(34-68)22-41(21-39)35-68/h1-19,27-32,39-44H,20-26,33-38H2. The molecule has 8 aromatic carbocycles. The molecule has 3 aliphatic heterocycles. The molecular weight excluding hydrogens is 932 g/mol. The molecule has 2 nitrogen and oxygen atoms in total. The number of benzene rings is 8. The molecule has 0 saturated heterocycles. The van der Waals surface area contributed by atoms with Crippen LogP contribution >= 0.6 is 23.5 Å². The SMILES string of the molecule is c1ccc(-c2ccc(N3B4c5c(cc6c(c5-c5cc7c(cc53)Sc3ccccc3S7)Cc3ccccc3-6)-n3c5ccc(C67CC8CC(CC(C8)C6)C7)cc5c5cc(C67CC8CC(CC(C8)C6)C7)cc4c53)cc2)cc1. The summed E-state index contributed by atoms with van der Waals surface area (Å²) in [7, 11) is 0. The second kappa shape index (κ2) is 14.5. The Morgan fingerprint density at radius 2 is 1.05 bits per heavy atom. The fourth-order valence-electron chi connectivity index (χ4n) is 19.5. The van der Waals surface area contributed by atoms with Crippen LogP contribution in [0.25, 0.3) is 60.9 Å². The van der Waals surface area contributed by atoms with E-state index in [1.54, 1.807) is 11.1 Å². The lowest BCUT2D eigenvalue weighted by atomic mass is 9.42. The van der Waals surface area contributed by atoms with Gasteiger partial charge in [-0.05, 0) is 251 Å². The molecule has 358 valence electrons. The quantitative estimate of drug-likeness (QED) is 0.163. The van der Waals surface area contributed by atoms with E-state index in [-0.39, 0.29) is 12.3 Å². The third kappa shape index (κ3) is 5.53. The van der Waals surface area contributed by atoms with Crippen LogP contribution < -0.4 is 15.7 Å². The molecule has 9 aliphatic carbocycles. The van der Waals surface area contributed by atoms with Crippen LogP contribution in [0.5, 0.6) is 0 Å². The summed E-state index contributed by atoms with van der Waals surface area (Å²) in [6.45, 7) is -0.00790. The van der Waals surface area contributed by atoms with Gasteiger partial charge in [-0.1, -0.05) is 115 Å². The third-order valence-electron chi connectivity index (χ3n) is 21.5. The van der Waals surface area contributed by atoms with Crippen LogP contribution in [-0.2, 0) is 17.3 Å². The minimum atomic E-state index is -0.00790. The number of hydrogen-bond acceptors (Lipinski definition) is 3. The van der Waals surface area contributed by atoms with E-state index in [9.17, 15) is 0 Å². The summed E-state index contributed by atoms with van der Waals surface area (Å²) in [5.41, 5.74) is 25.0. The normalized spacial score (nSPS) is 28.3. The molecule has 0 radical (unpaired) electrons. The molecule has 74 heavy (non-hydrogen) atoms. The van der Waals surface area contributed by atoms with E-state index in [1.807, 2.05) is 23.5 Å². The number of hydrogen-bond donors (Lipinski definition) is 0. The van der Waals surface area contributed by atoms with Crippen LogP contribution in [0.4, 0.5) is 11.4 Å². The smallest absolute Gasteiger partial charge is 0.333 e. The largest absolute Gasteiger partial charge is 0.376 e. The van der Waals surface area contributed by atoms with Crippen molar-refractivity contribution in [3.8, 4) is 39.1 Å². The molecule has 1 aromatic heterocycles. The topological polar surface area (TPSA) is 8.17 Å². The van der Waals surface area contributed by atoms with E-state index in [1.165, 1.54) is 191 Å². The monoisotopic (exact) mass is 988 g/mol. The minimum Gasteiger partial charge on any atom is -0.376 e. The lowest BCUT2D eigenvalue weighted by Gasteiger charge is -2.57. The summed E-state index contributed by atoms with van der Waals surface area (Å²) < 4.78 is 2.82. The maximum Gasteiger partial charge on any atom is 0.333 e. The molecule has 0 spiro atoms. The molecule has 9 aromatic rings. The van der Waals surface area contributed by atoms with Gasteiger partial charge in [0.25, 0.3) is 0 Å². The zero-order chi connectivity index (χ0) is 47.8. The van der Waals surface area contributed by atoms with Crippen molar-refractivity contribution in [2.45, 2.75) is 114 Å². The van der Waals surface area contributed by atoms with Crippen molar-refractivity contribution in [1.29, 1.82) is 0 Å². The molecule has 0 unspecified atom stereocenters. The highest BCUT2D eigenvalue weighted by Crippen LogP contribution is 2.64. The van der Waals surface area contributed by atoms with Crippen LogP contribution in [0.1, 0.15) is 99.3 Å². The fourth-order valence-corrected chi connectivity index (χ4v) is 21.8. The van der Waals surface area contributed by atoms with Crippen molar-refractivity contribution >= 4 is 74.5 Å². The van der Waals surface area contributed by atoms with E-state index < -0.39 is 0 Å². The Kier molecular flexibility index (Phi) is 8.13. The maximum absolute atomic E-state index is 2.85. The number of rotatable bonds is 4. The summed E-state index contributed by atoms with van der Waals surface area (Å²) in [6.07, 6.45) is 18.1. The molecule has 0 atom stereocenters. The minimum absolute atomic E-state index is 0.00790. The van der Waals surface area contributed by atoms with Gasteiger partial charge >= 0.3 is 6.85 Å². The molecule has 4 heterocycles. The fraction of sp³-hybridized carbons (Fsp3) is 0.304. The van der Waals surface area contributed by atoms with Gasteiger partial charge < -0.3 is 9.38 Å². The first kappa shape index (κ1) is 41.4. The van der Waals surface area contributed by atoms with Gasteiger partial charge in [0.1, 0.15) is 0 Å². The highest BCUT2D eigenvalue weighted by molar-refractivity contribution is 8.05. The van der Waals surface area contributed by atoms with Gasteiger partial charge in [0.2, 0.25) is 0 Å².